The highest BCUT2D eigenvalue weighted by Crippen LogP contribution is 2.20. The molecular formula is C10H12O4S. The summed E-state index contributed by atoms with van der Waals surface area (Å²) in [7, 11) is -3.51. The molecular weight excluding hydrogens is 216 g/mol. The number of rotatable bonds is 2. The molecule has 5 heteroatoms. The average molecular weight is 228 g/mol. The highest BCUT2D eigenvalue weighted by atomic mass is 32.2. The minimum absolute atomic E-state index is 0.233. The molecule has 1 saturated heterocycles. The van der Waals surface area contributed by atoms with Crippen LogP contribution in [0.15, 0.2) is 35.2 Å². The van der Waals surface area contributed by atoms with Crippen molar-refractivity contribution in [1.82, 2.24) is 0 Å². The molecule has 0 radical (unpaired) electrons. The van der Waals surface area contributed by atoms with Gasteiger partial charge in [-0.3, -0.25) is 0 Å². The van der Waals surface area contributed by atoms with Gasteiger partial charge in [0.1, 0.15) is 0 Å². The SMILES string of the molecule is O=S(=O)(c1ccccc1)C1OCCCO1. The topological polar surface area (TPSA) is 52.6 Å². The van der Waals surface area contributed by atoms with Crippen molar-refractivity contribution in [3.8, 4) is 0 Å². The van der Waals surface area contributed by atoms with Gasteiger partial charge in [-0.15, -0.1) is 0 Å². The molecule has 0 aromatic heterocycles. The molecule has 0 aliphatic carbocycles. The standard InChI is InChI=1S/C10H12O4S/c11-15(12,9-5-2-1-3-6-9)10-13-7-4-8-14-10/h1-3,5-6,10H,4,7-8H2. The second kappa shape index (κ2) is 4.30. The molecule has 1 aromatic rings. The first-order chi connectivity index (χ1) is 7.21. The Morgan fingerprint density at radius 3 is 2.27 bits per heavy atom. The molecule has 4 nitrogen and oxygen atoms in total. The van der Waals surface area contributed by atoms with Crippen molar-refractivity contribution < 1.29 is 17.9 Å². The summed E-state index contributed by atoms with van der Waals surface area (Å²) in [6.45, 7) is 0.855. The van der Waals surface area contributed by atoms with Gasteiger partial charge in [0.15, 0.2) is 0 Å². The first kappa shape index (κ1) is 10.6. The molecule has 1 aliphatic rings. The second-order valence-electron chi connectivity index (χ2n) is 3.24. The zero-order valence-corrected chi connectivity index (χ0v) is 8.94. The lowest BCUT2D eigenvalue weighted by molar-refractivity contribution is -0.128. The fourth-order valence-electron chi connectivity index (χ4n) is 1.37. The predicted octanol–water partition coefficient (Wildman–Crippen LogP) is 1.18. The van der Waals surface area contributed by atoms with Gasteiger partial charge >= 0.3 is 0 Å². The number of ether oxygens (including phenoxy) is 2. The summed E-state index contributed by atoms with van der Waals surface area (Å²) in [6.07, 6.45) is 0.737. The second-order valence-corrected chi connectivity index (χ2v) is 5.19. The lowest BCUT2D eigenvalue weighted by Crippen LogP contribution is -2.32. The summed E-state index contributed by atoms with van der Waals surface area (Å²) in [5.74, 6) is 0. The van der Waals surface area contributed by atoms with Crippen LogP contribution < -0.4 is 0 Å². The number of sulfone groups is 1. The van der Waals surface area contributed by atoms with Crippen LogP contribution in [0.25, 0.3) is 0 Å². The van der Waals surface area contributed by atoms with Crippen LogP contribution in [0.5, 0.6) is 0 Å². The number of hydrogen-bond donors (Lipinski definition) is 0. The van der Waals surface area contributed by atoms with Crippen molar-refractivity contribution in [3.63, 3.8) is 0 Å². The van der Waals surface area contributed by atoms with E-state index in [4.69, 9.17) is 9.47 Å². The highest BCUT2D eigenvalue weighted by Gasteiger charge is 2.30. The van der Waals surface area contributed by atoms with E-state index in [-0.39, 0.29) is 4.90 Å². The summed E-state index contributed by atoms with van der Waals surface area (Å²) >= 11 is 0. The molecule has 0 amide bonds. The predicted molar refractivity (Wildman–Crippen MR) is 53.9 cm³/mol. The molecule has 1 heterocycles. The van der Waals surface area contributed by atoms with E-state index in [9.17, 15) is 8.42 Å². The Morgan fingerprint density at radius 2 is 1.67 bits per heavy atom. The summed E-state index contributed by atoms with van der Waals surface area (Å²) < 4.78 is 34.0. The third-order valence-corrected chi connectivity index (χ3v) is 3.83. The van der Waals surface area contributed by atoms with E-state index < -0.39 is 15.5 Å². The molecule has 1 fully saturated rings. The maximum absolute atomic E-state index is 11.9. The smallest absolute Gasteiger partial charge is 0.267 e. The van der Waals surface area contributed by atoms with Gasteiger partial charge in [-0.1, -0.05) is 18.2 Å². The van der Waals surface area contributed by atoms with Gasteiger partial charge in [0.25, 0.3) is 5.62 Å². The first-order valence-electron chi connectivity index (χ1n) is 4.73. The largest absolute Gasteiger partial charge is 0.340 e. The van der Waals surface area contributed by atoms with Crippen molar-refractivity contribution in [2.24, 2.45) is 0 Å². The average Bonchev–Trinajstić information content (AvgIpc) is 2.31. The van der Waals surface area contributed by atoms with Crippen LogP contribution in [0.2, 0.25) is 0 Å². The van der Waals surface area contributed by atoms with Crippen molar-refractivity contribution in [3.05, 3.63) is 30.3 Å². The first-order valence-corrected chi connectivity index (χ1v) is 6.28. The van der Waals surface area contributed by atoms with E-state index in [1.807, 2.05) is 0 Å². The molecule has 0 unspecified atom stereocenters. The van der Waals surface area contributed by atoms with Crippen LogP contribution in [0.1, 0.15) is 6.42 Å². The molecule has 0 N–H and O–H groups in total. The van der Waals surface area contributed by atoms with Gasteiger partial charge in [-0.05, 0) is 18.6 Å². The normalized spacial score (nSPS) is 18.9. The third-order valence-electron chi connectivity index (χ3n) is 2.12. The van der Waals surface area contributed by atoms with Crippen LogP contribution in [0, 0.1) is 0 Å². The Labute approximate surface area is 88.7 Å². The zero-order valence-electron chi connectivity index (χ0n) is 8.13. The van der Waals surface area contributed by atoms with Crippen LogP contribution in [0.4, 0.5) is 0 Å². The lowest BCUT2D eigenvalue weighted by atomic mass is 10.4. The van der Waals surface area contributed by atoms with E-state index in [2.05, 4.69) is 0 Å². The minimum Gasteiger partial charge on any atom is -0.340 e. The van der Waals surface area contributed by atoms with Gasteiger partial charge in [-0.25, -0.2) is 8.42 Å². The van der Waals surface area contributed by atoms with Crippen LogP contribution in [-0.2, 0) is 19.3 Å². The minimum atomic E-state index is -3.51. The molecule has 0 saturated carbocycles. The Balaban J connectivity index is 2.26. The van der Waals surface area contributed by atoms with Crippen LogP contribution >= 0.6 is 0 Å². The number of benzene rings is 1. The summed E-state index contributed by atoms with van der Waals surface area (Å²) in [6, 6.07) is 8.19. The Bertz CT molecular complexity index is 406. The van der Waals surface area contributed by atoms with Gasteiger partial charge in [-0.2, -0.15) is 0 Å². The van der Waals surface area contributed by atoms with Crippen LogP contribution in [0.3, 0.4) is 0 Å². The van der Waals surface area contributed by atoms with Gasteiger partial charge in [0, 0.05) is 0 Å². The Morgan fingerprint density at radius 1 is 1.07 bits per heavy atom. The Hall–Kier alpha value is -0.910. The quantitative estimate of drug-likeness (QED) is 0.762. The van der Waals surface area contributed by atoms with Gasteiger partial charge in [0.05, 0.1) is 18.1 Å². The van der Waals surface area contributed by atoms with E-state index in [1.165, 1.54) is 12.1 Å². The maximum atomic E-state index is 11.9. The van der Waals surface area contributed by atoms with Gasteiger partial charge in [0.2, 0.25) is 9.84 Å². The monoisotopic (exact) mass is 228 g/mol. The fraction of sp³-hybridized carbons (Fsp3) is 0.400. The molecule has 1 aromatic carbocycles. The summed E-state index contributed by atoms with van der Waals surface area (Å²) in [4.78, 5) is 0.233. The van der Waals surface area contributed by atoms with Crippen LogP contribution in [-0.4, -0.2) is 27.3 Å². The molecule has 1 aliphatic heterocycles. The van der Waals surface area contributed by atoms with E-state index in [0.29, 0.717) is 13.2 Å². The van der Waals surface area contributed by atoms with Crippen molar-refractivity contribution >= 4 is 9.84 Å². The molecule has 0 atom stereocenters. The molecule has 0 bridgehead atoms. The molecule has 0 spiro atoms. The van der Waals surface area contributed by atoms with E-state index in [1.54, 1.807) is 18.2 Å². The Kier molecular flexibility index (Phi) is 3.04. The van der Waals surface area contributed by atoms with Crippen molar-refractivity contribution in [1.29, 1.82) is 0 Å². The zero-order chi connectivity index (χ0) is 10.7. The molecule has 2 rings (SSSR count). The van der Waals surface area contributed by atoms with Gasteiger partial charge < -0.3 is 9.47 Å². The highest BCUT2D eigenvalue weighted by molar-refractivity contribution is 7.91. The maximum Gasteiger partial charge on any atom is 0.267 e. The fourth-order valence-corrected chi connectivity index (χ4v) is 2.68. The lowest BCUT2D eigenvalue weighted by Gasteiger charge is -2.22. The molecule has 82 valence electrons. The summed E-state index contributed by atoms with van der Waals surface area (Å²) in [5.41, 5.74) is -1.14. The number of hydrogen-bond acceptors (Lipinski definition) is 4. The van der Waals surface area contributed by atoms with E-state index in [0.717, 1.165) is 6.42 Å². The molecule has 15 heavy (non-hydrogen) atoms. The summed E-state index contributed by atoms with van der Waals surface area (Å²) in [5, 5.41) is 0. The van der Waals surface area contributed by atoms with Crippen molar-refractivity contribution in [2.45, 2.75) is 16.9 Å². The third kappa shape index (κ3) is 2.19. The van der Waals surface area contributed by atoms with E-state index >= 15 is 0 Å². The van der Waals surface area contributed by atoms with Crippen molar-refractivity contribution in [2.75, 3.05) is 13.2 Å².